The van der Waals surface area contributed by atoms with E-state index in [1.165, 1.54) is 11.1 Å². The second-order valence-electron chi connectivity index (χ2n) is 4.16. The average molecular weight is 237 g/mol. The van der Waals surface area contributed by atoms with E-state index in [9.17, 15) is 0 Å². The molecule has 0 saturated heterocycles. The van der Waals surface area contributed by atoms with Crippen molar-refractivity contribution in [2.45, 2.75) is 26.3 Å². The maximum atomic E-state index is 8.58. The van der Waals surface area contributed by atoms with E-state index in [1.807, 2.05) is 0 Å². The number of aryl methyl sites for hydroxylation is 1. The fourth-order valence-corrected chi connectivity index (χ4v) is 1.77. The Labute approximate surface area is 104 Å². The van der Waals surface area contributed by atoms with Crippen LogP contribution in [-0.4, -0.2) is 31.5 Å². The molecule has 0 aliphatic heterocycles. The molecular weight excluding hydrogens is 214 g/mol. The molecule has 1 atom stereocenters. The van der Waals surface area contributed by atoms with Crippen LogP contribution in [0.1, 0.15) is 30.5 Å². The van der Waals surface area contributed by atoms with E-state index in [4.69, 9.17) is 9.84 Å². The maximum absolute atomic E-state index is 8.58. The van der Waals surface area contributed by atoms with Gasteiger partial charge in [0.2, 0.25) is 0 Å². The van der Waals surface area contributed by atoms with Crippen molar-refractivity contribution in [1.82, 2.24) is 5.32 Å². The fraction of sp³-hybridized carbons (Fsp3) is 0.571. The van der Waals surface area contributed by atoms with Gasteiger partial charge in [-0.25, -0.2) is 0 Å². The van der Waals surface area contributed by atoms with Crippen LogP contribution in [-0.2, 0) is 4.74 Å². The molecule has 3 heteroatoms. The van der Waals surface area contributed by atoms with Gasteiger partial charge >= 0.3 is 0 Å². The molecular formula is C14H23NO2. The summed E-state index contributed by atoms with van der Waals surface area (Å²) in [5, 5.41) is 12.0. The molecule has 1 rings (SSSR count). The van der Waals surface area contributed by atoms with Gasteiger partial charge in [-0.15, -0.1) is 0 Å². The minimum absolute atomic E-state index is 0.0924. The highest BCUT2D eigenvalue weighted by atomic mass is 16.5. The van der Waals surface area contributed by atoms with Crippen molar-refractivity contribution in [3.63, 3.8) is 0 Å². The van der Waals surface area contributed by atoms with Crippen molar-refractivity contribution < 1.29 is 9.84 Å². The van der Waals surface area contributed by atoms with Gasteiger partial charge in [-0.1, -0.05) is 36.8 Å². The molecule has 0 aromatic heterocycles. The van der Waals surface area contributed by atoms with Gasteiger partial charge in [-0.05, 0) is 18.9 Å². The average Bonchev–Trinajstić information content (AvgIpc) is 2.35. The molecule has 1 aromatic rings. The monoisotopic (exact) mass is 237 g/mol. The van der Waals surface area contributed by atoms with Gasteiger partial charge in [0.05, 0.1) is 19.8 Å². The van der Waals surface area contributed by atoms with Gasteiger partial charge in [0.15, 0.2) is 0 Å². The fourth-order valence-electron chi connectivity index (χ4n) is 1.77. The van der Waals surface area contributed by atoms with E-state index in [-0.39, 0.29) is 6.61 Å². The standard InChI is InChI=1S/C14H23NO2/c1-3-14(15-8-10-17-11-9-16)13-6-4-12(2)5-7-13/h4-7,14-16H,3,8-11H2,1-2H3. The summed E-state index contributed by atoms with van der Waals surface area (Å²) in [5.74, 6) is 0. The Balaban J connectivity index is 2.35. The first-order valence-corrected chi connectivity index (χ1v) is 6.26. The summed E-state index contributed by atoms with van der Waals surface area (Å²) in [7, 11) is 0. The second-order valence-corrected chi connectivity index (χ2v) is 4.16. The van der Waals surface area contributed by atoms with Crippen LogP contribution in [0.15, 0.2) is 24.3 Å². The SMILES string of the molecule is CCC(NCCOCCO)c1ccc(C)cc1. The Morgan fingerprint density at radius 2 is 1.94 bits per heavy atom. The predicted molar refractivity (Wildman–Crippen MR) is 70.1 cm³/mol. The number of benzene rings is 1. The van der Waals surface area contributed by atoms with Crippen LogP contribution in [0.25, 0.3) is 0 Å². The lowest BCUT2D eigenvalue weighted by molar-refractivity contribution is 0.0925. The van der Waals surface area contributed by atoms with E-state index < -0.39 is 0 Å². The minimum Gasteiger partial charge on any atom is -0.394 e. The maximum Gasteiger partial charge on any atom is 0.0698 e. The molecule has 0 heterocycles. The lowest BCUT2D eigenvalue weighted by atomic mass is 10.0. The molecule has 0 fully saturated rings. The molecule has 1 aromatic carbocycles. The largest absolute Gasteiger partial charge is 0.394 e. The van der Waals surface area contributed by atoms with Crippen molar-refractivity contribution in [1.29, 1.82) is 0 Å². The molecule has 0 saturated carbocycles. The Morgan fingerprint density at radius 3 is 2.53 bits per heavy atom. The summed E-state index contributed by atoms with van der Waals surface area (Å²) in [6.45, 7) is 6.24. The molecule has 17 heavy (non-hydrogen) atoms. The molecule has 2 N–H and O–H groups in total. The first-order chi connectivity index (χ1) is 8.27. The number of aliphatic hydroxyl groups excluding tert-OH is 1. The van der Waals surface area contributed by atoms with Gasteiger partial charge in [-0.2, -0.15) is 0 Å². The summed E-state index contributed by atoms with van der Waals surface area (Å²) < 4.78 is 5.22. The molecule has 0 amide bonds. The van der Waals surface area contributed by atoms with Crippen LogP contribution in [0.2, 0.25) is 0 Å². The number of nitrogens with one attached hydrogen (secondary N) is 1. The third kappa shape index (κ3) is 5.31. The molecule has 0 radical (unpaired) electrons. The van der Waals surface area contributed by atoms with Crippen molar-refractivity contribution in [3.8, 4) is 0 Å². The van der Waals surface area contributed by atoms with Crippen LogP contribution < -0.4 is 5.32 Å². The highest BCUT2D eigenvalue weighted by Crippen LogP contribution is 2.16. The minimum atomic E-state index is 0.0924. The Bertz CT molecular complexity index is 298. The third-order valence-corrected chi connectivity index (χ3v) is 2.76. The van der Waals surface area contributed by atoms with Gasteiger partial charge < -0.3 is 15.2 Å². The number of ether oxygens (including phenoxy) is 1. The van der Waals surface area contributed by atoms with Crippen LogP contribution >= 0.6 is 0 Å². The Kier molecular flexibility index (Phi) is 6.86. The van der Waals surface area contributed by atoms with Crippen LogP contribution in [0.3, 0.4) is 0 Å². The first-order valence-electron chi connectivity index (χ1n) is 6.26. The number of rotatable bonds is 8. The van der Waals surface area contributed by atoms with E-state index in [0.29, 0.717) is 19.3 Å². The van der Waals surface area contributed by atoms with E-state index in [1.54, 1.807) is 0 Å². The molecule has 0 aliphatic rings. The van der Waals surface area contributed by atoms with Crippen molar-refractivity contribution in [3.05, 3.63) is 35.4 Å². The highest BCUT2D eigenvalue weighted by Gasteiger charge is 2.07. The number of hydrogen-bond donors (Lipinski definition) is 2. The second kappa shape index (κ2) is 8.23. The molecule has 1 unspecified atom stereocenters. The Hall–Kier alpha value is -0.900. The topological polar surface area (TPSA) is 41.5 Å². The van der Waals surface area contributed by atoms with E-state index >= 15 is 0 Å². The zero-order chi connectivity index (χ0) is 12.5. The summed E-state index contributed by atoms with van der Waals surface area (Å²) in [6.07, 6.45) is 1.06. The van der Waals surface area contributed by atoms with Crippen molar-refractivity contribution in [2.24, 2.45) is 0 Å². The highest BCUT2D eigenvalue weighted by molar-refractivity contribution is 5.23. The first kappa shape index (κ1) is 14.2. The van der Waals surface area contributed by atoms with Gasteiger partial charge in [0, 0.05) is 12.6 Å². The smallest absolute Gasteiger partial charge is 0.0698 e. The van der Waals surface area contributed by atoms with Gasteiger partial charge in [0.25, 0.3) is 0 Å². The third-order valence-electron chi connectivity index (χ3n) is 2.76. The summed E-state index contributed by atoms with van der Waals surface area (Å²) >= 11 is 0. The summed E-state index contributed by atoms with van der Waals surface area (Å²) in [4.78, 5) is 0. The van der Waals surface area contributed by atoms with Gasteiger partial charge in [-0.3, -0.25) is 0 Å². The lowest BCUT2D eigenvalue weighted by Gasteiger charge is -2.17. The van der Waals surface area contributed by atoms with E-state index in [2.05, 4.69) is 43.4 Å². The summed E-state index contributed by atoms with van der Waals surface area (Å²) in [6, 6.07) is 9.01. The molecule has 3 nitrogen and oxygen atoms in total. The summed E-state index contributed by atoms with van der Waals surface area (Å²) in [5.41, 5.74) is 2.61. The van der Waals surface area contributed by atoms with Crippen molar-refractivity contribution >= 4 is 0 Å². The molecule has 0 bridgehead atoms. The lowest BCUT2D eigenvalue weighted by Crippen LogP contribution is -2.25. The molecule has 96 valence electrons. The van der Waals surface area contributed by atoms with Gasteiger partial charge in [0.1, 0.15) is 0 Å². The quantitative estimate of drug-likeness (QED) is 0.680. The predicted octanol–water partition coefficient (Wildman–Crippen LogP) is 2.04. The van der Waals surface area contributed by atoms with Crippen LogP contribution in [0.4, 0.5) is 0 Å². The van der Waals surface area contributed by atoms with Crippen LogP contribution in [0, 0.1) is 6.92 Å². The van der Waals surface area contributed by atoms with E-state index in [0.717, 1.165) is 13.0 Å². The normalized spacial score (nSPS) is 12.6. The van der Waals surface area contributed by atoms with Crippen LogP contribution in [0.5, 0.6) is 0 Å². The molecule has 0 aliphatic carbocycles. The number of aliphatic hydroxyl groups is 1. The zero-order valence-electron chi connectivity index (χ0n) is 10.8. The number of hydrogen-bond acceptors (Lipinski definition) is 3. The molecule has 0 spiro atoms. The Morgan fingerprint density at radius 1 is 1.24 bits per heavy atom. The van der Waals surface area contributed by atoms with Crippen molar-refractivity contribution in [2.75, 3.05) is 26.4 Å². The zero-order valence-corrected chi connectivity index (χ0v) is 10.8.